The molecule has 2 amide bonds. The Morgan fingerprint density at radius 1 is 1.15 bits per heavy atom. The zero-order chi connectivity index (χ0) is 15.2. The number of piperazine rings is 1. The molecule has 0 aromatic rings. The molecular weight excluding hydrogens is 254 g/mol. The first kappa shape index (κ1) is 16.7. The number of rotatable bonds is 6. The highest BCUT2D eigenvalue weighted by Crippen LogP contribution is 2.33. The van der Waals surface area contributed by atoms with Crippen LogP contribution in [0, 0.1) is 5.41 Å². The summed E-state index contributed by atoms with van der Waals surface area (Å²) in [6, 6.07) is 0. The van der Waals surface area contributed by atoms with Crippen molar-refractivity contribution in [3.63, 3.8) is 0 Å². The predicted molar refractivity (Wildman–Crippen MR) is 80.0 cm³/mol. The minimum Gasteiger partial charge on any atom is -0.339 e. The molecule has 0 aromatic heterocycles. The smallest absolute Gasteiger partial charge is 0.236 e. The third-order valence-electron chi connectivity index (χ3n) is 4.44. The van der Waals surface area contributed by atoms with E-state index in [1.807, 2.05) is 11.0 Å². The molecule has 0 radical (unpaired) electrons. The van der Waals surface area contributed by atoms with E-state index in [0.29, 0.717) is 32.6 Å². The van der Waals surface area contributed by atoms with Gasteiger partial charge in [-0.3, -0.25) is 9.59 Å². The maximum atomic E-state index is 12.8. The molecule has 2 N–H and O–H groups in total. The van der Waals surface area contributed by atoms with Gasteiger partial charge in [0.2, 0.25) is 11.8 Å². The van der Waals surface area contributed by atoms with E-state index in [4.69, 9.17) is 5.73 Å². The zero-order valence-electron chi connectivity index (χ0n) is 12.7. The SMILES string of the molecule is C=CCC(CC)(CC)C(=O)N1CCN(C(=O)CN)CC1. The van der Waals surface area contributed by atoms with E-state index < -0.39 is 0 Å². The monoisotopic (exact) mass is 281 g/mol. The third-order valence-corrected chi connectivity index (χ3v) is 4.44. The van der Waals surface area contributed by atoms with Crippen LogP contribution in [0.5, 0.6) is 0 Å². The average Bonchev–Trinajstić information content (AvgIpc) is 2.51. The first-order chi connectivity index (χ1) is 9.54. The summed E-state index contributed by atoms with van der Waals surface area (Å²) in [5, 5.41) is 0. The maximum absolute atomic E-state index is 12.8. The lowest BCUT2D eigenvalue weighted by Gasteiger charge is -2.40. The molecule has 0 unspecified atom stereocenters. The summed E-state index contributed by atoms with van der Waals surface area (Å²) >= 11 is 0. The first-order valence-electron chi connectivity index (χ1n) is 7.42. The second-order valence-electron chi connectivity index (χ2n) is 5.36. The van der Waals surface area contributed by atoms with Crippen LogP contribution in [0.15, 0.2) is 12.7 Å². The highest BCUT2D eigenvalue weighted by Gasteiger charge is 2.38. The Morgan fingerprint density at radius 3 is 2.05 bits per heavy atom. The van der Waals surface area contributed by atoms with Gasteiger partial charge >= 0.3 is 0 Å². The normalized spacial score (nSPS) is 16.1. The Morgan fingerprint density at radius 2 is 1.65 bits per heavy atom. The van der Waals surface area contributed by atoms with Crippen molar-refractivity contribution in [2.75, 3.05) is 32.7 Å². The van der Waals surface area contributed by atoms with Crippen LogP contribution in [0.4, 0.5) is 0 Å². The summed E-state index contributed by atoms with van der Waals surface area (Å²) in [6.45, 7) is 10.3. The molecule has 5 heteroatoms. The number of carbonyl (C=O) groups is 2. The fraction of sp³-hybridized carbons (Fsp3) is 0.733. The minimum atomic E-state index is -0.332. The van der Waals surface area contributed by atoms with E-state index >= 15 is 0 Å². The molecule has 114 valence electrons. The molecule has 1 aliphatic rings. The van der Waals surface area contributed by atoms with Gasteiger partial charge in [-0.15, -0.1) is 6.58 Å². The number of carbonyl (C=O) groups excluding carboxylic acids is 2. The lowest BCUT2D eigenvalue weighted by Crippen LogP contribution is -2.55. The molecule has 0 atom stereocenters. The van der Waals surface area contributed by atoms with Crippen LogP contribution in [-0.4, -0.2) is 54.3 Å². The Hall–Kier alpha value is -1.36. The van der Waals surface area contributed by atoms with Crippen LogP contribution in [0.1, 0.15) is 33.1 Å². The van der Waals surface area contributed by atoms with Crippen molar-refractivity contribution < 1.29 is 9.59 Å². The van der Waals surface area contributed by atoms with Crippen molar-refractivity contribution >= 4 is 11.8 Å². The maximum Gasteiger partial charge on any atom is 0.236 e. The van der Waals surface area contributed by atoms with Gasteiger partial charge in [-0.25, -0.2) is 0 Å². The molecule has 5 nitrogen and oxygen atoms in total. The van der Waals surface area contributed by atoms with E-state index in [1.165, 1.54) is 0 Å². The molecule has 1 rings (SSSR count). The van der Waals surface area contributed by atoms with Crippen LogP contribution in [0.3, 0.4) is 0 Å². The van der Waals surface area contributed by atoms with Gasteiger partial charge in [0.15, 0.2) is 0 Å². The lowest BCUT2D eigenvalue weighted by molar-refractivity contribution is -0.147. The van der Waals surface area contributed by atoms with Crippen molar-refractivity contribution in [1.82, 2.24) is 9.80 Å². The average molecular weight is 281 g/mol. The van der Waals surface area contributed by atoms with Crippen molar-refractivity contribution in [2.24, 2.45) is 11.1 Å². The summed E-state index contributed by atoms with van der Waals surface area (Å²) in [5.41, 5.74) is 5.03. The number of amides is 2. The molecule has 0 spiro atoms. The summed E-state index contributed by atoms with van der Waals surface area (Å²) in [6.07, 6.45) is 4.17. The van der Waals surface area contributed by atoms with Gasteiger partial charge in [0, 0.05) is 26.2 Å². The number of allylic oxidation sites excluding steroid dienone is 1. The van der Waals surface area contributed by atoms with Gasteiger partial charge in [-0.1, -0.05) is 19.9 Å². The Kier molecular flexibility index (Phi) is 6.20. The second kappa shape index (κ2) is 7.43. The summed E-state index contributed by atoms with van der Waals surface area (Å²) < 4.78 is 0. The van der Waals surface area contributed by atoms with Crippen molar-refractivity contribution in [1.29, 1.82) is 0 Å². The molecule has 0 saturated carbocycles. The van der Waals surface area contributed by atoms with Crippen LogP contribution in [-0.2, 0) is 9.59 Å². The van der Waals surface area contributed by atoms with Crippen LogP contribution in [0.25, 0.3) is 0 Å². The van der Waals surface area contributed by atoms with Crippen LogP contribution in [0.2, 0.25) is 0 Å². The second-order valence-corrected chi connectivity index (χ2v) is 5.36. The van der Waals surface area contributed by atoms with E-state index in [-0.39, 0.29) is 23.8 Å². The first-order valence-corrected chi connectivity index (χ1v) is 7.42. The van der Waals surface area contributed by atoms with Crippen LogP contribution >= 0.6 is 0 Å². The van der Waals surface area contributed by atoms with Crippen molar-refractivity contribution in [3.8, 4) is 0 Å². The van der Waals surface area contributed by atoms with Crippen LogP contribution < -0.4 is 5.73 Å². The molecule has 0 aliphatic carbocycles. The molecule has 0 bridgehead atoms. The summed E-state index contributed by atoms with van der Waals surface area (Å²) in [4.78, 5) is 27.9. The van der Waals surface area contributed by atoms with Crippen molar-refractivity contribution in [2.45, 2.75) is 33.1 Å². The fourth-order valence-electron chi connectivity index (χ4n) is 2.83. The predicted octanol–water partition coefficient (Wildman–Crippen LogP) is 0.998. The Labute approximate surface area is 121 Å². The molecule has 1 fully saturated rings. The van der Waals surface area contributed by atoms with Gasteiger partial charge in [0.05, 0.1) is 12.0 Å². The van der Waals surface area contributed by atoms with Gasteiger partial charge in [-0.2, -0.15) is 0 Å². The fourth-order valence-corrected chi connectivity index (χ4v) is 2.83. The van der Waals surface area contributed by atoms with E-state index in [2.05, 4.69) is 20.4 Å². The standard InChI is InChI=1S/C15H27N3O2/c1-4-7-15(5-2,6-3)14(20)18-10-8-17(9-11-18)13(19)12-16/h4H,1,5-12,16H2,2-3H3. The molecule has 1 aliphatic heterocycles. The van der Waals surface area contributed by atoms with Crippen molar-refractivity contribution in [3.05, 3.63) is 12.7 Å². The minimum absolute atomic E-state index is 0.0399. The van der Waals surface area contributed by atoms with Gasteiger partial charge < -0.3 is 15.5 Å². The molecule has 1 saturated heterocycles. The molecule has 20 heavy (non-hydrogen) atoms. The van der Waals surface area contributed by atoms with Gasteiger partial charge in [0.1, 0.15) is 0 Å². The third kappa shape index (κ3) is 3.39. The zero-order valence-corrected chi connectivity index (χ0v) is 12.7. The number of nitrogens with zero attached hydrogens (tertiary/aromatic N) is 2. The number of hydrogen-bond donors (Lipinski definition) is 1. The van der Waals surface area contributed by atoms with Gasteiger partial charge in [-0.05, 0) is 19.3 Å². The highest BCUT2D eigenvalue weighted by atomic mass is 16.2. The molecular formula is C15H27N3O2. The van der Waals surface area contributed by atoms with E-state index in [1.54, 1.807) is 4.90 Å². The van der Waals surface area contributed by atoms with E-state index in [9.17, 15) is 9.59 Å². The summed E-state index contributed by atoms with van der Waals surface area (Å²) in [7, 11) is 0. The van der Waals surface area contributed by atoms with E-state index in [0.717, 1.165) is 12.8 Å². The Balaban J connectivity index is 2.69. The topological polar surface area (TPSA) is 66.6 Å². The lowest BCUT2D eigenvalue weighted by atomic mass is 9.77. The quantitative estimate of drug-likeness (QED) is 0.739. The van der Waals surface area contributed by atoms with Gasteiger partial charge in [0.25, 0.3) is 0 Å². The number of nitrogens with two attached hydrogens (primary N) is 1. The largest absolute Gasteiger partial charge is 0.339 e. The Bertz CT molecular complexity index is 356. The highest BCUT2D eigenvalue weighted by molar-refractivity contribution is 5.83. The molecule has 0 aromatic carbocycles. The molecule has 1 heterocycles. The summed E-state index contributed by atoms with van der Waals surface area (Å²) in [5.74, 6) is 0.155. The number of hydrogen-bond acceptors (Lipinski definition) is 3.